The van der Waals surface area contributed by atoms with Gasteiger partial charge >= 0.3 is 0 Å². The van der Waals surface area contributed by atoms with E-state index in [-0.39, 0.29) is 30.6 Å². The highest BCUT2D eigenvalue weighted by atomic mass is 127. The molecule has 1 heterocycles. The largest absolute Gasteiger partial charge is 0.396 e. The summed E-state index contributed by atoms with van der Waals surface area (Å²) in [5.74, 6) is 2.81. The summed E-state index contributed by atoms with van der Waals surface area (Å²) >= 11 is 6.02. The molecule has 1 unspecified atom stereocenters. The van der Waals surface area contributed by atoms with Crippen molar-refractivity contribution in [1.29, 1.82) is 0 Å². The van der Waals surface area contributed by atoms with Crippen LogP contribution < -0.4 is 10.6 Å². The molecular formula is C21H33ClIN5O2. The van der Waals surface area contributed by atoms with E-state index in [4.69, 9.17) is 16.1 Å². The van der Waals surface area contributed by atoms with Gasteiger partial charge in [-0.15, -0.1) is 24.0 Å². The highest BCUT2D eigenvalue weighted by Crippen LogP contribution is 2.20. The van der Waals surface area contributed by atoms with Crippen molar-refractivity contribution in [1.82, 2.24) is 20.8 Å². The molecule has 0 saturated carbocycles. The van der Waals surface area contributed by atoms with Crippen LogP contribution in [-0.4, -0.2) is 47.4 Å². The van der Waals surface area contributed by atoms with Crippen LogP contribution >= 0.6 is 35.6 Å². The second-order valence-corrected chi connectivity index (χ2v) is 7.86. The summed E-state index contributed by atoms with van der Waals surface area (Å²) in [4.78, 5) is 9.11. The summed E-state index contributed by atoms with van der Waals surface area (Å²) < 4.78 is 5.34. The summed E-state index contributed by atoms with van der Waals surface area (Å²) in [5.41, 5.74) is 0.829. The number of aromatic nitrogens is 2. The smallest absolute Gasteiger partial charge is 0.228 e. The highest BCUT2D eigenvalue weighted by Gasteiger charge is 2.12. The number of guanidine groups is 1. The van der Waals surface area contributed by atoms with E-state index in [9.17, 15) is 5.11 Å². The zero-order chi connectivity index (χ0) is 21.1. The number of hydrogen-bond acceptors (Lipinski definition) is 5. The van der Waals surface area contributed by atoms with Gasteiger partial charge in [-0.1, -0.05) is 42.7 Å². The van der Waals surface area contributed by atoms with E-state index in [0.29, 0.717) is 48.1 Å². The molecule has 1 aromatic carbocycles. The van der Waals surface area contributed by atoms with Crippen molar-refractivity contribution in [2.45, 2.75) is 40.0 Å². The van der Waals surface area contributed by atoms with Gasteiger partial charge in [0.25, 0.3) is 0 Å². The molecule has 0 saturated heterocycles. The third kappa shape index (κ3) is 9.61. The molecule has 3 N–H and O–H groups in total. The first-order valence-electron chi connectivity index (χ1n) is 10.2. The molecular weight excluding hydrogens is 517 g/mol. The van der Waals surface area contributed by atoms with Gasteiger partial charge in [0.15, 0.2) is 5.96 Å². The second-order valence-electron chi connectivity index (χ2n) is 7.43. The number of aliphatic imine (C=N–C) groups is 1. The Morgan fingerprint density at radius 2 is 2.10 bits per heavy atom. The topological polar surface area (TPSA) is 95.6 Å². The van der Waals surface area contributed by atoms with Crippen molar-refractivity contribution in [3.05, 3.63) is 35.2 Å². The van der Waals surface area contributed by atoms with Crippen molar-refractivity contribution in [2.75, 3.05) is 26.2 Å². The van der Waals surface area contributed by atoms with Gasteiger partial charge < -0.3 is 20.3 Å². The number of hydrogen-bond donors (Lipinski definition) is 3. The molecule has 0 bridgehead atoms. The van der Waals surface area contributed by atoms with Crippen LogP contribution in [0.15, 0.2) is 33.8 Å². The first kappa shape index (κ1) is 26.6. The molecule has 9 heteroatoms. The first-order chi connectivity index (χ1) is 14.0. The summed E-state index contributed by atoms with van der Waals surface area (Å²) in [6.45, 7) is 8.71. The molecule has 30 heavy (non-hydrogen) atoms. The van der Waals surface area contributed by atoms with Crippen LogP contribution in [0.1, 0.15) is 39.5 Å². The predicted octanol–water partition coefficient (Wildman–Crippen LogP) is 4.15. The van der Waals surface area contributed by atoms with Crippen LogP contribution in [0.5, 0.6) is 0 Å². The van der Waals surface area contributed by atoms with Crippen molar-refractivity contribution in [3.63, 3.8) is 0 Å². The van der Waals surface area contributed by atoms with Gasteiger partial charge in [0, 0.05) is 43.2 Å². The lowest BCUT2D eigenvalue weighted by Crippen LogP contribution is -2.38. The number of rotatable bonds is 11. The SMILES string of the molecule is CCNC(=NCC(CCO)CC(C)C)NCCc1nc(-c2cccc(Cl)c2)no1.I. The molecule has 1 aromatic heterocycles. The Kier molecular flexibility index (Phi) is 13.0. The van der Waals surface area contributed by atoms with Crippen molar-refractivity contribution < 1.29 is 9.63 Å². The number of benzene rings is 1. The fraction of sp³-hybridized carbons (Fsp3) is 0.571. The molecule has 0 amide bonds. The Balaban J connectivity index is 0.00000450. The van der Waals surface area contributed by atoms with Crippen LogP contribution in [0.3, 0.4) is 0 Å². The maximum absolute atomic E-state index is 9.27. The maximum atomic E-state index is 9.27. The lowest BCUT2D eigenvalue weighted by molar-refractivity contribution is 0.245. The van der Waals surface area contributed by atoms with Gasteiger partial charge in [-0.2, -0.15) is 4.98 Å². The molecule has 0 spiro atoms. The van der Waals surface area contributed by atoms with E-state index >= 15 is 0 Å². The van der Waals surface area contributed by atoms with E-state index in [0.717, 1.165) is 30.9 Å². The van der Waals surface area contributed by atoms with E-state index in [1.54, 1.807) is 0 Å². The highest BCUT2D eigenvalue weighted by molar-refractivity contribution is 14.0. The van der Waals surface area contributed by atoms with Crippen LogP contribution in [0, 0.1) is 11.8 Å². The van der Waals surface area contributed by atoms with Gasteiger partial charge in [-0.05, 0) is 43.7 Å². The third-order valence-electron chi connectivity index (χ3n) is 4.38. The van der Waals surface area contributed by atoms with Crippen molar-refractivity contribution in [3.8, 4) is 11.4 Å². The summed E-state index contributed by atoms with van der Waals surface area (Å²) in [7, 11) is 0. The minimum absolute atomic E-state index is 0. The van der Waals surface area contributed by atoms with E-state index in [1.165, 1.54) is 0 Å². The molecule has 0 fully saturated rings. The molecule has 2 aromatic rings. The molecule has 2 rings (SSSR count). The van der Waals surface area contributed by atoms with Crippen LogP contribution in [-0.2, 0) is 6.42 Å². The number of halogens is 2. The lowest BCUT2D eigenvalue weighted by Gasteiger charge is -2.17. The molecule has 0 aliphatic rings. The predicted molar refractivity (Wildman–Crippen MR) is 132 cm³/mol. The minimum atomic E-state index is 0. The Bertz CT molecular complexity index is 769. The van der Waals surface area contributed by atoms with Crippen molar-refractivity contribution in [2.24, 2.45) is 16.8 Å². The number of aliphatic hydroxyl groups is 1. The van der Waals surface area contributed by atoms with Crippen LogP contribution in [0.2, 0.25) is 5.02 Å². The molecule has 168 valence electrons. The monoisotopic (exact) mass is 549 g/mol. The Morgan fingerprint density at radius 3 is 2.77 bits per heavy atom. The van der Waals surface area contributed by atoms with Gasteiger partial charge in [-0.25, -0.2) is 0 Å². The number of aliphatic hydroxyl groups excluding tert-OH is 1. The van der Waals surface area contributed by atoms with Crippen LogP contribution in [0.25, 0.3) is 11.4 Å². The van der Waals surface area contributed by atoms with Gasteiger partial charge in [0.1, 0.15) is 0 Å². The zero-order valence-corrected chi connectivity index (χ0v) is 21.0. The van der Waals surface area contributed by atoms with Gasteiger partial charge in [0.05, 0.1) is 0 Å². The number of nitrogens with one attached hydrogen (secondary N) is 2. The Morgan fingerprint density at radius 1 is 1.30 bits per heavy atom. The normalized spacial score (nSPS) is 12.5. The summed E-state index contributed by atoms with van der Waals surface area (Å²) in [5, 5.41) is 20.5. The third-order valence-corrected chi connectivity index (χ3v) is 4.61. The Hall–Kier alpha value is -1.39. The minimum Gasteiger partial charge on any atom is -0.396 e. The maximum Gasteiger partial charge on any atom is 0.228 e. The number of nitrogens with zero attached hydrogens (tertiary/aromatic N) is 3. The van der Waals surface area contributed by atoms with Crippen LogP contribution in [0.4, 0.5) is 0 Å². The Labute approximate surface area is 201 Å². The molecule has 7 nitrogen and oxygen atoms in total. The van der Waals surface area contributed by atoms with Crippen molar-refractivity contribution >= 4 is 41.5 Å². The van der Waals surface area contributed by atoms with E-state index < -0.39 is 0 Å². The van der Waals surface area contributed by atoms with E-state index in [1.807, 2.05) is 31.2 Å². The fourth-order valence-electron chi connectivity index (χ4n) is 3.08. The lowest BCUT2D eigenvalue weighted by atomic mass is 9.94. The standard InChI is InChI=1S/C21H32ClN5O2.HI/c1-4-23-21(25-14-16(9-11-28)12-15(2)3)24-10-8-19-26-20(27-29-19)17-6-5-7-18(22)13-17;/h5-7,13,15-16,28H,4,8-12,14H2,1-3H3,(H2,23,24,25);1H. The molecule has 0 radical (unpaired) electrons. The average molecular weight is 550 g/mol. The molecule has 0 aliphatic heterocycles. The van der Waals surface area contributed by atoms with E-state index in [2.05, 4.69) is 39.6 Å². The first-order valence-corrected chi connectivity index (χ1v) is 10.6. The molecule has 0 aliphatic carbocycles. The quantitative estimate of drug-likeness (QED) is 0.221. The average Bonchev–Trinajstić information content (AvgIpc) is 3.14. The second kappa shape index (κ2) is 14.6. The summed E-state index contributed by atoms with van der Waals surface area (Å²) in [6, 6.07) is 7.38. The zero-order valence-electron chi connectivity index (χ0n) is 17.9. The molecule has 1 atom stereocenters. The summed E-state index contributed by atoms with van der Waals surface area (Å²) in [6.07, 6.45) is 2.41. The van der Waals surface area contributed by atoms with Gasteiger partial charge in [-0.3, -0.25) is 4.99 Å². The fourth-order valence-corrected chi connectivity index (χ4v) is 3.27. The van der Waals surface area contributed by atoms with Gasteiger partial charge in [0.2, 0.25) is 11.7 Å².